The molecule has 2 atom stereocenters. The summed E-state index contributed by atoms with van der Waals surface area (Å²) in [5.41, 5.74) is 2.20. The van der Waals surface area contributed by atoms with Crippen molar-refractivity contribution in [2.75, 3.05) is 19.9 Å². The topological polar surface area (TPSA) is 77.1 Å². The molecule has 5 rings (SSSR count). The average molecular weight is 394 g/mol. The molecule has 2 amide bonds. The van der Waals surface area contributed by atoms with E-state index in [0.717, 1.165) is 30.6 Å². The van der Waals surface area contributed by atoms with Gasteiger partial charge in [-0.15, -0.1) is 0 Å². The van der Waals surface area contributed by atoms with Gasteiger partial charge in [-0.25, -0.2) is 0 Å². The van der Waals surface area contributed by atoms with Gasteiger partial charge >= 0.3 is 0 Å². The van der Waals surface area contributed by atoms with E-state index in [2.05, 4.69) is 5.32 Å². The highest BCUT2D eigenvalue weighted by atomic mass is 16.7. The van der Waals surface area contributed by atoms with Crippen LogP contribution < -0.4 is 14.8 Å². The number of benzene rings is 2. The Morgan fingerprint density at radius 1 is 1.14 bits per heavy atom. The van der Waals surface area contributed by atoms with Gasteiger partial charge in [-0.2, -0.15) is 0 Å². The molecule has 0 unspecified atom stereocenters. The van der Waals surface area contributed by atoms with E-state index in [1.807, 2.05) is 36.4 Å². The highest BCUT2D eigenvalue weighted by molar-refractivity contribution is 6.04. The van der Waals surface area contributed by atoms with Crippen molar-refractivity contribution in [1.82, 2.24) is 10.2 Å². The zero-order valence-corrected chi connectivity index (χ0v) is 15.9. The minimum absolute atomic E-state index is 0.0496. The maximum Gasteiger partial charge on any atom is 0.255 e. The van der Waals surface area contributed by atoms with Crippen molar-refractivity contribution in [3.05, 3.63) is 59.2 Å². The number of hydrogen-bond donors (Lipinski definition) is 1. The molecule has 2 aromatic rings. The molecule has 0 spiro atoms. The van der Waals surface area contributed by atoms with Gasteiger partial charge in [-0.05, 0) is 42.2 Å². The summed E-state index contributed by atoms with van der Waals surface area (Å²) in [4.78, 5) is 27.8. The van der Waals surface area contributed by atoms with Gasteiger partial charge in [0, 0.05) is 25.3 Å². The van der Waals surface area contributed by atoms with E-state index in [1.165, 1.54) is 0 Å². The van der Waals surface area contributed by atoms with Crippen LogP contribution in [0.4, 0.5) is 0 Å². The standard InChI is InChI=1S/C22H22N2O5/c25-21(23-11-15-4-3-9-27-15)20-16-5-1-2-6-17(16)22(26)24(20)12-14-7-8-18-19(10-14)29-13-28-18/h1-2,5-8,10,15,20H,3-4,9,11-13H2,(H,23,25)/t15-,20+/m1/s1. The smallest absolute Gasteiger partial charge is 0.255 e. The van der Waals surface area contributed by atoms with E-state index in [-0.39, 0.29) is 24.7 Å². The second kappa shape index (κ2) is 7.40. The average Bonchev–Trinajstić information content (AvgIpc) is 3.47. The van der Waals surface area contributed by atoms with E-state index in [9.17, 15) is 9.59 Å². The molecule has 7 heteroatoms. The second-order valence-electron chi connectivity index (χ2n) is 7.49. The summed E-state index contributed by atoms with van der Waals surface area (Å²) in [5, 5.41) is 2.98. The first-order chi connectivity index (χ1) is 14.2. The summed E-state index contributed by atoms with van der Waals surface area (Å²) in [5.74, 6) is 1.02. The third kappa shape index (κ3) is 3.31. The largest absolute Gasteiger partial charge is 0.454 e. The Labute approximate surface area is 168 Å². The number of hydrogen-bond acceptors (Lipinski definition) is 5. The highest BCUT2D eigenvalue weighted by Crippen LogP contribution is 2.37. The van der Waals surface area contributed by atoms with Gasteiger partial charge in [-0.3, -0.25) is 9.59 Å². The predicted molar refractivity (Wildman–Crippen MR) is 104 cm³/mol. The molecular formula is C22H22N2O5. The number of nitrogens with one attached hydrogen (secondary N) is 1. The van der Waals surface area contributed by atoms with E-state index >= 15 is 0 Å². The Balaban J connectivity index is 1.39. The molecule has 3 heterocycles. The zero-order valence-electron chi connectivity index (χ0n) is 15.9. The lowest BCUT2D eigenvalue weighted by molar-refractivity contribution is -0.126. The molecule has 1 saturated heterocycles. The summed E-state index contributed by atoms with van der Waals surface area (Å²) in [6.07, 6.45) is 2.01. The van der Waals surface area contributed by atoms with Crippen LogP contribution in [0, 0.1) is 0 Å². The molecule has 7 nitrogen and oxygen atoms in total. The van der Waals surface area contributed by atoms with Crippen molar-refractivity contribution in [3.8, 4) is 11.5 Å². The number of carbonyl (C=O) groups excluding carboxylic acids is 2. The van der Waals surface area contributed by atoms with Crippen molar-refractivity contribution in [2.45, 2.75) is 31.5 Å². The maximum absolute atomic E-state index is 13.1. The molecule has 2 aromatic carbocycles. The maximum atomic E-state index is 13.1. The van der Waals surface area contributed by atoms with Crippen LogP contribution in [0.2, 0.25) is 0 Å². The van der Waals surface area contributed by atoms with E-state index < -0.39 is 6.04 Å². The molecule has 0 radical (unpaired) electrons. The molecule has 1 fully saturated rings. The van der Waals surface area contributed by atoms with Gasteiger partial charge in [-0.1, -0.05) is 24.3 Å². The van der Waals surface area contributed by atoms with Gasteiger partial charge < -0.3 is 24.4 Å². The van der Waals surface area contributed by atoms with Crippen LogP contribution >= 0.6 is 0 Å². The number of ether oxygens (including phenoxy) is 3. The third-order valence-electron chi connectivity index (χ3n) is 5.62. The Hall–Kier alpha value is -3.06. The highest BCUT2D eigenvalue weighted by Gasteiger charge is 2.41. The van der Waals surface area contributed by atoms with Crippen molar-refractivity contribution in [2.24, 2.45) is 0 Å². The summed E-state index contributed by atoms with van der Waals surface area (Å²) in [6, 6.07) is 12.2. The lowest BCUT2D eigenvalue weighted by Crippen LogP contribution is -2.41. The van der Waals surface area contributed by atoms with Crippen LogP contribution in [0.25, 0.3) is 0 Å². The first kappa shape index (κ1) is 18.0. The van der Waals surface area contributed by atoms with Crippen molar-refractivity contribution in [3.63, 3.8) is 0 Å². The lowest BCUT2D eigenvalue weighted by atomic mass is 10.0. The SMILES string of the molecule is O=C(NC[C@H]1CCCO1)[C@@H]1c2ccccc2C(=O)N1Cc1ccc2c(c1)OCO2. The molecule has 0 aliphatic carbocycles. The van der Waals surface area contributed by atoms with Gasteiger partial charge in [0.15, 0.2) is 11.5 Å². The molecular weight excluding hydrogens is 372 g/mol. The molecule has 0 aromatic heterocycles. The minimum atomic E-state index is -0.662. The monoisotopic (exact) mass is 394 g/mol. The van der Waals surface area contributed by atoms with E-state index in [1.54, 1.807) is 11.0 Å². The summed E-state index contributed by atoms with van der Waals surface area (Å²) < 4.78 is 16.4. The first-order valence-electron chi connectivity index (χ1n) is 9.88. The Kier molecular flexibility index (Phi) is 4.60. The van der Waals surface area contributed by atoms with Gasteiger partial charge in [0.1, 0.15) is 6.04 Å². The third-order valence-corrected chi connectivity index (χ3v) is 5.62. The molecule has 3 aliphatic heterocycles. The van der Waals surface area contributed by atoms with Crippen molar-refractivity contribution in [1.29, 1.82) is 0 Å². The van der Waals surface area contributed by atoms with Gasteiger partial charge in [0.2, 0.25) is 12.7 Å². The Morgan fingerprint density at radius 2 is 2.00 bits per heavy atom. The number of amides is 2. The normalized spacial score (nSPS) is 22.1. The summed E-state index contributed by atoms with van der Waals surface area (Å²) in [7, 11) is 0. The fourth-order valence-electron chi connectivity index (χ4n) is 4.17. The van der Waals surface area contributed by atoms with Crippen molar-refractivity contribution >= 4 is 11.8 Å². The quantitative estimate of drug-likeness (QED) is 0.843. The number of carbonyl (C=O) groups is 2. The van der Waals surface area contributed by atoms with E-state index in [4.69, 9.17) is 14.2 Å². The zero-order chi connectivity index (χ0) is 19.8. The lowest BCUT2D eigenvalue weighted by Gasteiger charge is -2.25. The molecule has 1 N–H and O–H groups in total. The second-order valence-corrected chi connectivity index (χ2v) is 7.49. The molecule has 150 valence electrons. The van der Waals surface area contributed by atoms with Crippen molar-refractivity contribution < 1.29 is 23.8 Å². The van der Waals surface area contributed by atoms with Crippen LogP contribution in [-0.2, 0) is 16.1 Å². The predicted octanol–water partition coefficient (Wildman–Crippen LogP) is 2.41. The fraction of sp³-hybridized carbons (Fsp3) is 0.364. The Morgan fingerprint density at radius 3 is 2.86 bits per heavy atom. The molecule has 0 saturated carbocycles. The molecule has 0 bridgehead atoms. The summed E-state index contributed by atoms with van der Waals surface area (Å²) >= 11 is 0. The van der Waals surface area contributed by atoms with Crippen LogP contribution in [-0.4, -0.2) is 42.8 Å². The number of fused-ring (bicyclic) bond motifs is 2. The summed E-state index contributed by atoms with van der Waals surface area (Å²) in [6.45, 7) is 1.70. The molecule has 3 aliphatic rings. The van der Waals surface area contributed by atoms with Crippen LogP contribution in [0.1, 0.15) is 40.4 Å². The minimum Gasteiger partial charge on any atom is -0.454 e. The fourth-order valence-corrected chi connectivity index (χ4v) is 4.17. The number of rotatable bonds is 5. The van der Waals surface area contributed by atoms with Crippen LogP contribution in [0.5, 0.6) is 11.5 Å². The Bertz CT molecular complexity index is 954. The van der Waals surface area contributed by atoms with Crippen LogP contribution in [0.3, 0.4) is 0 Å². The first-order valence-corrected chi connectivity index (χ1v) is 9.88. The van der Waals surface area contributed by atoms with E-state index in [0.29, 0.717) is 30.2 Å². The van der Waals surface area contributed by atoms with Crippen LogP contribution in [0.15, 0.2) is 42.5 Å². The number of nitrogens with zero attached hydrogens (tertiary/aromatic N) is 1. The van der Waals surface area contributed by atoms with Gasteiger partial charge in [0.05, 0.1) is 6.10 Å². The van der Waals surface area contributed by atoms with Gasteiger partial charge in [0.25, 0.3) is 5.91 Å². The molecule has 29 heavy (non-hydrogen) atoms.